The van der Waals surface area contributed by atoms with Crippen LogP contribution in [0.25, 0.3) is 0 Å². The van der Waals surface area contributed by atoms with Gasteiger partial charge in [-0.05, 0) is 75.5 Å². The van der Waals surface area contributed by atoms with Gasteiger partial charge in [0.15, 0.2) is 0 Å². The summed E-state index contributed by atoms with van der Waals surface area (Å²) in [5.74, 6) is -0.824. The first-order valence-corrected chi connectivity index (χ1v) is 17.1. The molecular formula is C35H54N6O6. The van der Waals surface area contributed by atoms with E-state index >= 15 is 0 Å². The largest absolute Gasteiger partial charge is 0.467 e. The molecule has 0 spiro atoms. The second kappa shape index (κ2) is 20.5. The van der Waals surface area contributed by atoms with Crippen molar-refractivity contribution in [2.24, 2.45) is 11.7 Å². The molecule has 12 heteroatoms. The van der Waals surface area contributed by atoms with Crippen molar-refractivity contribution in [3.8, 4) is 0 Å². The second-order valence-electron chi connectivity index (χ2n) is 12.6. The Kier molecular flexibility index (Phi) is 16.4. The Morgan fingerprint density at radius 3 is 2.26 bits per heavy atom. The van der Waals surface area contributed by atoms with Gasteiger partial charge in [0.25, 0.3) is 0 Å². The van der Waals surface area contributed by atoms with Crippen LogP contribution in [0, 0.1) is 12.8 Å². The number of aromatic nitrogens is 2. The first-order valence-electron chi connectivity index (χ1n) is 17.1. The number of aryl methyl sites for hydroxylation is 3. The number of benzene rings is 1. The van der Waals surface area contributed by atoms with E-state index in [1.807, 2.05) is 43.6 Å². The summed E-state index contributed by atoms with van der Waals surface area (Å²) >= 11 is 0. The molecule has 0 radical (unpaired) electrons. The number of hydrogen-bond acceptors (Lipinski definition) is 8. The molecule has 260 valence electrons. The van der Waals surface area contributed by atoms with Crippen LogP contribution in [0.1, 0.15) is 87.6 Å². The van der Waals surface area contributed by atoms with Crippen LogP contribution in [0.3, 0.4) is 0 Å². The van der Waals surface area contributed by atoms with Gasteiger partial charge in [0.05, 0.1) is 20.1 Å². The third-order valence-electron chi connectivity index (χ3n) is 8.94. The van der Waals surface area contributed by atoms with E-state index < -0.39 is 48.4 Å². The number of aliphatic hydroxyl groups is 1. The molecule has 0 bridgehead atoms. The molecule has 3 amide bonds. The van der Waals surface area contributed by atoms with Crippen molar-refractivity contribution in [3.05, 3.63) is 53.6 Å². The number of rotatable bonds is 20. The van der Waals surface area contributed by atoms with E-state index in [4.69, 9.17) is 10.5 Å². The molecule has 1 saturated carbocycles. The van der Waals surface area contributed by atoms with Gasteiger partial charge >= 0.3 is 5.97 Å². The highest BCUT2D eigenvalue weighted by molar-refractivity contribution is 5.93. The maximum atomic E-state index is 13.4. The maximum Gasteiger partial charge on any atom is 0.328 e. The zero-order valence-corrected chi connectivity index (χ0v) is 28.0. The van der Waals surface area contributed by atoms with Gasteiger partial charge in [0.1, 0.15) is 23.9 Å². The minimum atomic E-state index is -1.25. The predicted octanol–water partition coefficient (Wildman–Crippen LogP) is 2.48. The number of methoxy groups -OCH3 is 1. The first-order chi connectivity index (χ1) is 22.7. The summed E-state index contributed by atoms with van der Waals surface area (Å²) in [4.78, 5) is 56.2. The quantitative estimate of drug-likeness (QED) is 0.107. The van der Waals surface area contributed by atoms with Crippen LogP contribution in [0.15, 0.2) is 36.7 Å². The topological polar surface area (TPSA) is 178 Å². The van der Waals surface area contributed by atoms with Crippen molar-refractivity contribution in [2.75, 3.05) is 20.3 Å². The molecule has 6 N–H and O–H groups in total. The molecule has 2 aromatic rings. The number of carbonyl (C=O) groups is 4. The normalized spacial score (nSPS) is 15.3. The molecule has 1 aliphatic rings. The van der Waals surface area contributed by atoms with Crippen LogP contribution in [0.4, 0.5) is 0 Å². The third kappa shape index (κ3) is 13.1. The monoisotopic (exact) mass is 654 g/mol. The van der Waals surface area contributed by atoms with Gasteiger partial charge in [-0.1, -0.05) is 56.4 Å². The van der Waals surface area contributed by atoms with Crippen LogP contribution >= 0.6 is 0 Å². The number of aliphatic hydroxyl groups excluding tert-OH is 1. The standard InChI is InChI=1S/C35H54N6O6/c1-25-37-19-21-41(25)20-9-7-10-26-14-16-28(17-15-26)23-32(43)38-31(24-42)34(45)39-29(13-6-8-18-36)33(44)40-30(35(46)47-2)22-27-11-4-3-5-12-27/h14-17,19,21,27,29-31,42H,3-13,18,20,22-24,36H2,1-2H3,(H,38,43)(H,39,45)(H,40,44)/t29-,30+,31-/m0/s1. The van der Waals surface area contributed by atoms with Crippen LogP contribution in [-0.2, 0) is 43.3 Å². The lowest BCUT2D eigenvalue weighted by atomic mass is 9.84. The molecule has 1 aromatic heterocycles. The number of nitrogens with one attached hydrogen (secondary N) is 3. The van der Waals surface area contributed by atoms with E-state index in [1.165, 1.54) is 19.1 Å². The zero-order chi connectivity index (χ0) is 34.0. The average molecular weight is 655 g/mol. The molecule has 1 fully saturated rings. The minimum absolute atomic E-state index is 0.0341. The molecule has 0 aliphatic heterocycles. The molecule has 0 unspecified atom stereocenters. The maximum absolute atomic E-state index is 13.4. The van der Waals surface area contributed by atoms with Gasteiger partial charge in [-0.3, -0.25) is 14.4 Å². The van der Waals surface area contributed by atoms with Crippen molar-refractivity contribution in [1.82, 2.24) is 25.5 Å². The molecule has 12 nitrogen and oxygen atoms in total. The number of imidazole rings is 1. The molecule has 3 atom stereocenters. The Morgan fingerprint density at radius 2 is 1.62 bits per heavy atom. The summed E-state index contributed by atoms with van der Waals surface area (Å²) in [6.45, 7) is 2.71. The van der Waals surface area contributed by atoms with Gasteiger partial charge in [-0.15, -0.1) is 0 Å². The Morgan fingerprint density at radius 1 is 0.936 bits per heavy atom. The van der Waals surface area contributed by atoms with E-state index in [2.05, 4.69) is 25.5 Å². The van der Waals surface area contributed by atoms with Gasteiger partial charge in [-0.25, -0.2) is 9.78 Å². The summed E-state index contributed by atoms with van der Waals surface area (Å²) in [6, 6.07) is 4.75. The summed E-state index contributed by atoms with van der Waals surface area (Å²) in [7, 11) is 1.29. The molecular weight excluding hydrogens is 600 g/mol. The van der Waals surface area contributed by atoms with Gasteiger partial charge in [0, 0.05) is 18.9 Å². The van der Waals surface area contributed by atoms with Gasteiger partial charge in [0.2, 0.25) is 17.7 Å². The summed E-state index contributed by atoms with van der Waals surface area (Å²) in [5.41, 5.74) is 7.60. The van der Waals surface area contributed by atoms with E-state index in [9.17, 15) is 24.3 Å². The Bertz CT molecular complexity index is 1260. The van der Waals surface area contributed by atoms with Crippen molar-refractivity contribution < 1.29 is 29.0 Å². The van der Waals surface area contributed by atoms with Crippen molar-refractivity contribution in [3.63, 3.8) is 0 Å². The smallest absolute Gasteiger partial charge is 0.328 e. The van der Waals surface area contributed by atoms with E-state index in [0.717, 1.165) is 62.9 Å². The summed E-state index contributed by atoms with van der Waals surface area (Å²) < 4.78 is 7.10. The average Bonchev–Trinajstić information content (AvgIpc) is 3.49. The first kappa shape index (κ1) is 37.7. The Balaban J connectivity index is 1.52. The van der Waals surface area contributed by atoms with Crippen molar-refractivity contribution in [1.29, 1.82) is 0 Å². The van der Waals surface area contributed by atoms with Crippen LogP contribution in [-0.4, -0.2) is 76.7 Å². The number of amides is 3. The number of esters is 1. The molecule has 1 aromatic carbocycles. The molecule has 3 rings (SSSR count). The van der Waals surface area contributed by atoms with E-state index in [0.29, 0.717) is 31.7 Å². The van der Waals surface area contributed by atoms with Crippen LogP contribution in [0.2, 0.25) is 0 Å². The van der Waals surface area contributed by atoms with Crippen LogP contribution in [0.5, 0.6) is 0 Å². The molecule has 1 heterocycles. The lowest BCUT2D eigenvalue weighted by molar-refractivity contribution is -0.146. The number of ether oxygens (including phenoxy) is 1. The lowest BCUT2D eigenvalue weighted by Crippen LogP contribution is -2.57. The highest BCUT2D eigenvalue weighted by atomic mass is 16.5. The third-order valence-corrected chi connectivity index (χ3v) is 8.94. The lowest BCUT2D eigenvalue weighted by Gasteiger charge is -2.28. The zero-order valence-electron chi connectivity index (χ0n) is 28.0. The summed E-state index contributed by atoms with van der Waals surface area (Å²) in [5, 5.41) is 18.0. The van der Waals surface area contributed by atoms with Crippen LogP contribution < -0.4 is 21.7 Å². The Labute approximate surface area is 278 Å². The SMILES string of the molecule is COC(=O)[C@@H](CC1CCCCC1)NC(=O)[C@H](CCCCN)NC(=O)[C@H](CO)NC(=O)Cc1ccc(CCCCn2ccnc2C)cc1. The van der Waals surface area contributed by atoms with Crippen molar-refractivity contribution >= 4 is 23.7 Å². The predicted molar refractivity (Wildman–Crippen MR) is 179 cm³/mol. The van der Waals surface area contributed by atoms with Gasteiger partial charge in [-0.2, -0.15) is 0 Å². The number of carbonyl (C=O) groups excluding carboxylic acids is 4. The highest BCUT2D eigenvalue weighted by Crippen LogP contribution is 2.27. The van der Waals surface area contributed by atoms with E-state index in [-0.39, 0.29) is 12.8 Å². The van der Waals surface area contributed by atoms with Crippen molar-refractivity contribution in [2.45, 2.75) is 115 Å². The minimum Gasteiger partial charge on any atom is -0.467 e. The molecule has 47 heavy (non-hydrogen) atoms. The Hall–Kier alpha value is -3.77. The molecule has 1 aliphatic carbocycles. The number of nitrogens with two attached hydrogens (primary N) is 1. The fourth-order valence-electron chi connectivity index (χ4n) is 6.12. The fourth-order valence-corrected chi connectivity index (χ4v) is 6.12. The number of unbranched alkanes of at least 4 members (excludes halogenated alkanes) is 2. The highest BCUT2D eigenvalue weighted by Gasteiger charge is 2.31. The second-order valence-corrected chi connectivity index (χ2v) is 12.6. The fraction of sp³-hybridized carbons (Fsp3) is 0.629. The number of nitrogens with zero attached hydrogens (tertiary/aromatic N) is 2. The van der Waals surface area contributed by atoms with Gasteiger partial charge < -0.3 is 36.1 Å². The number of hydrogen-bond donors (Lipinski definition) is 5. The molecule has 0 saturated heterocycles. The van der Waals surface area contributed by atoms with E-state index in [1.54, 1.807) is 0 Å². The summed E-state index contributed by atoms with van der Waals surface area (Å²) in [6.07, 6.45) is 14.1.